The molecule has 3 N–H and O–H groups in total. The summed E-state index contributed by atoms with van der Waals surface area (Å²) < 4.78 is 0. The van der Waals surface area contributed by atoms with Crippen molar-refractivity contribution < 1.29 is 24.6 Å². The molecule has 0 aromatic carbocycles. The van der Waals surface area contributed by atoms with E-state index in [1.165, 1.54) is 44.9 Å². The molecule has 6 nitrogen and oxygen atoms in total. The van der Waals surface area contributed by atoms with Gasteiger partial charge in [-0.1, -0.05) is 64.2 Å². The average molecular weight is 345 g/mol. The van der Waals surface area contributed by atoms with Crippen molar-refractivity contribution in [2.45, 2.75) is 89.9 Å². The van der Waals surface area contributed by atoms with Crippen molar-refractivity contribution in [2.24, 2.45) is 0 Å². The van der Waals surface area contributed by atoms with Gasteiger partial charge in [0.2, 0.25) is 5.91 Å². The number of aliphatic hydroxyl groups is 1. The minimum Gasteiger partial charge on any atom is -0.481 e. The van der Waals surface area contributed by atoms with Gasteiger partial charge in [0.1, 0.15) is 0 Å². The number of unbranched alkanes of at least 4 members (excludes halogenated alkanes) is 11. The molecule has 1 amide bonds. The number of nitrogens with one attached hydrogen (secondary N) is 1. The number of aliphatic carboxylic acids is 1. The summed E-state index contributed by atoms with van der Waals surface area (Å²) in [5, 5.41) is 17.0. The Morgan fingerprint density at radius 1 is 0.708 bits per heavy atom. The molecule has 0 rings (SSSR count). The Bertz CT molecular complexity index is 310. The van der Waals surface area contributed by atoms with Crippen LogP contribution in [0.25, 0.3) is 0 Å². The van der Waals surface area contributed by atoms with Crippen LogP contribution >= 0.6 is 0 Å². The number of carbonyl (C=O) groups is 2. The van der Waals surface area contributed by atoms with Crippen molar-refractivity contribution in [3.63, 3.8) is 0 Å². The summed E-state index contributed by atoms with van der Waals surface area (Å²) in [6, 6.07) is 0. The van der Waals surface area contributed by atoms with Gasteiger partial charge in [0, 0.05) is 12.8 Å². The summed E-state index contributed by atoms with van der Waals surface area (Å²) in [5.41, 5.74) is 2.30. The quantitative estimate of drug-likeness (QED) is 0.261. The Kier molecular flexibility index (Phi) is 17.3. The van der Waals surface area contributed by atoms with E-state index in [9.17, 15) is 9.59 Å². The molecule has 6 heteroatoms. The zero-order valence-electron chi connectivity index (χ0n) is 14.9. The van der Waals surface area contributed by atoms with Gasteiger partial charge in [0.25, 0.3) is 0 Å². The summed E-state index contributed by atoms with van der Waals surface area (Å²) in [5.74, 6) is -0.808. The van der Waals surface area contributed by atoms with Crippen molar-refractivity contribution in [1.82, 2.24) is 5.48 Å². The molecule has 0 unspecified atom stereocenters. The van der Waals surface area contributed by atoms with Crippen LogP contribution in [0, 0.1) is 0 Å². The molecule has 0 aliphatic carbocycles. The van der Waals surface area contributed by atoms with E-state index in [1.54, 1.807) is 0 Å². The molecule has 0 spiro atoms. The normalized spacial score (nSPS) is 10.7. The van der Waals surface area contributed by atoms with Crippen molar-refractivity contribution in [3.8, 4) is 0 Å². The number of carbonyl (C=O) groups excluding carboxylic acids is 1. The predicted molar refractivity (Wildman–Crippen MR) is 93.5 cm³/mol. The molecular weight excluding hydrogens is 310 g/mol. The number of amides is 1. The second-order valence-electron chi connectivity index (χ2n) is 6.23. The molecule has 24 heavy (non-hydrogen) atoms. The lowest BCUT2D eigenvalue weighted by Crippen LogP contribution is -2.24. The standard InChI is InChI=1S/C18H35NO5/c20-15-16-24-19-17(21)13-11-9-7-5-3-1-2-4-6-8-10-12-14-18(22)23/h20H,1-16H2,(H,19,21)(H,22,23). The van der Waals surface area contributed by atoms with Crippen LogP contribution in [0.1, 0.15) is 89.9 Å². The Hall–Kier alpha value is -1.14. The monoisotopic (exact) mass is 345 g/mol. The summed E-state index contributed by atoms with van der Waals surface area (Å²) in [7, 11) is 0. The van der Waals surface area contributed by atoms with E-state index in [1.807, 2.05) is 0 Å². The summed E-state index contributed by atoms with van der Waals surface area (Å²) >= 11 is 0. The Labute approximate surface area is 145 Å². The van der Waals surface area contributed by atoms with Gasteiger partial charge in [0.05, 0.1) is 13.2 Å². The van der Waals surface area contributed by atoms with Gasteiger partial charge in [-0.05, 0) is 12.8 Å². The molecule has 0 bridgehead atoms. The van der Waals surface area contributed by atoms with E-state index in [0.717, 1.165) is 32.1 Å². The van der Waals surface area contributed by atoms with E-state index < -0.39 is 5.97 Å². The molecule has 0 aliphatic rings. The number of carboxylic acids is 1. The maximum Gasteiger partial charge on any atom is 0.303 e. The van der Waals surface area contributed by atoms with Crippen LogP contribution in [0.5, 0.6) is 0 Å². The molecule has 0 atom stereocenters. The fraction of sp³-hybridized carbons (Fsp3) is 0.889. The van der Waals surface area contributed by atoms with E-state index in [-0.39, 0.29) is 19.1 Å². The molecule has 142 valence electrons. The number of rotatable bonds is 18. The van der Waals surface area contributed by atoms with Crippen LogP contribution in [-0.4, -0.2) is 35.3 Å². The maximum absolute atomic E-state index is 11.3. The van der Waals surface area contributed by atoms with E-state index in [4.69, 9.17) is 15.1 Å². The first kappa shape index (κ1) is 22.9. The largest absolute Gasteiger partial charge is 0.481 e. The molecule has 0 saturated carbocycles. The third-order valence-electron chi connectivity index (χ3n) is 3.92. The number of hydrogen-bond donors (Lipinski definition) is 3. The molecule has 0 saturated heterocycles. The summed E-state index contributed by atoms with van der Waals surface area (Å²) in [4.78, 5) is 26.4. The van der Waals surface area contributed by atoms with Gasteiger partial charge in [0.15, 0.2) is 0 Å². The molecule has 0 fully saturated rings. The van der Waals surface area contributed by atoms with E-state index >= 15 is 0 Å². The van der Waals surface area contributed by atoms with Gasteiger partial charge in [-0.25, -0.2) is 5.48 Å². The molecule has 0 aromatic heterocycles. The van der Waals surface area contributed by atoms with E-state index in [2.05, 4.69) is 5.48 Å². The molecule has 0 aromatic rings. The van der Waals surface area contributed by atoms with Crippen LogP contribution in [0.15, 0.2) is 0 Å². The van der Waals surface area contributed by atoms with Crippen LogP contribution in [-0.2, 0) is 14.4 Å². The third-order valence-corrected chi connectivity index (χ3v) is 3.92. The Balaban J connectivity index is 3.10. The first-order valence-electron chi connectivity index (χ1n) is 9.40. The highest BCUT2D eigenvalue weighted by Crippen LogP contribution is 2.12. The van der Waals surface area contributed by atoms with Gasteiger partial charge in [-0.3, -0.25) is 14.4 Å². The highest BCUT2D eigenvalue weighted by atomic mass is 16.7. The van der Waals surface area contributed by atoms with Crippen LogP contribution in [0.3, 0.4) is 0 Å². The molecule has 0 aliphatic heterocycles. The first-order valence-corrected chi connectivity index (χ1v) is 9.40. The zero-order valence-corrected chi connectivity index (χ0v) is 14.9. The number of hydroxylamine groups is 1. The number of carboxylic acid groups (broad SMARTS) is 1. The topological polar surface area (TPSA) is 95.9 Å². The second kappa shape index (κ2) is 18.2. The van der Waals surface area contributed by atoms with Crippen LogP contribution < -0.4 is 5.48 Å². The fourth-order valence-corrected chi connectivity index (χ4v) is 2.56. The fourth-order valence-electron chi connectivity index (χ4n) is 2.56. The second-order valence-corrected chi connectivity index (χ2v) is 6.23. The maximum atomic E-state index is 11.3. The first-order chi connectivity index (χ1) is 11.7. The Morgan fingerprint density at radius 3 is 1.54 bits per heavy atom. The summed E-state index contributed by atoms with van der Waals surface area (Å²) in [6.45, 7) is 0.0408. The smallest absolute Gasteiger partial charge is 0.303 e. The zero-order chi connectivity index (χ0) is 17.9. The van der Waals surface area contributed by atoms with Crippen molar-refractivity contribution in [3.05, 3.63) is 0 Å². The SMILES string of the molecule is O=C(O)CCCCCCCCCCCCCCC(=O)NOCCO. The van der Waals surface area contributed by atoms with Crippen molar-refractivity contribution in [1.29, 1.82) is 0 Å². The molecule has 0 radical (unpaired) electrons. The minimum atomic E-state index is -0.689. The molecular formula is C18H35NO5. The van der Waals surface area contributed by atoms with Gasteiger partial charge in [-0.2, -0.15) is 0 Å². The summed E-state index contributed by atoms with van der Waals surface area (Å²) in [6.07, 6.45) is 14.4. The van der Waals surface area contributed by atoms with Gasteiger partial charge >= 0.3 is 5.97 Å². The Morgan fingerprint density at radius 2 is 1.12 bits per heavy atom. The van der Waals surface area contributed by atoms with Gasteiger partial charge in [-0.15, -0.1) is 0 Å². The number of aliphatic hydroxyl groups excluding tert-OH is 1. The van der Waals surface area contributed by atoms with Crippen LogP contribution in [0.4, 0.5) is 0 Å². The molecule has 0 heterocycles. The van der Waals surface area contributed by atoms with Crippen LogP contribution in [0.2, 0.25) is 0 Å². The lowest BCUT2D eigenvalue weighted by molar-refractivity contribution is -0.137. The lowest BCUT2D eigenvalue weighted by atomic mass is 10.0. The lowest BCUT2D eigenvalue weighted by Gasteiger charge is -2.05. The van der Waals surface area contributed by atoms with Crippen molar-refractivity contribution >= 4 is 11.9 Å². The van der Waals surface area contributed by atoms with Gasteiger partial charge < -0.3 is 10.2 Å². The average Bonchev–Trinajstić information content (AvgIpc) is 2.55. The number of hydrogen-bond acceptors (Lipinski definition) is 4. The third kappa shape index (κ3) is 18.9. The highest BCUT2D eigenvalue weighted by Gasteiger charge is 2.00. The van der Waals surface area contributed by atoms with E-state index in [0.29, 0.717) is 12.8 Å². The minimum absolute atomic E-state index is 0.0923. The highest BCUT2D eigenvalue weighted by molar-refractivity contribution is 5.74. The predicted octanol–water partition coefficient (Wildman–Crippen LogP) is 3.57. The van der Waals surface area contributed by atoms with Crippen molar-refractivity contribution in [2.75, 3.05) is 13.2 Å².